The van der Waals surface area contributed by atoms with Crippen molar-refractivity contribution in [3.63, 3.8) is 0 Å². The van der Waals surface area contributed by atoms with E-state index in [0.717, 1.165) is 34.0 Å². The fourth-order valence-electron chi connectivity index (χ4n) is 2.65. The number of aromatic nitrogens is 1. The van der Waals surface area contributed by atoms with Crippen LogP contribution >= 0.6 is 0 Å². The third kappa shape index (κ3) is 3.40. The van der Waals surface area contributed by atoms with Gasteiger partial charge in [-0.05, 0) is 50.2 Å². The van der Waals surface area contributed by atoms with Crippen LogP contribution in [0.3, 0.4) is 0 Å². The molecule has 3 nitrogen and oxygen atoms in total. The van der Waals surface area contributed by atoms with Crippen LogP contribution in [0.5, 0.6) is 11.5 Å². The predicted molar refractivity (Wildman–Crippen MR) is 97.4 cm³/mol. The van der Waals surface area contributed by atoms with Gasteiger partial charge in [0.25, 0.3) is 0 Å². The molecule has 3 aromatic rings. The average molecular weight is 319 g/mol. The van der Waals surface area contributed by atoms with Crippen LogP contribution in [-0.4, -0.2) is 18.2 Å². The lowest BCUT2D eigenvalue weighted by molar-refractivity contribution is 0.341. The minimum absolute atomic E-state index is 0.629. The van der Waals surface area contributed by atoms with Crippen LogP contribution in [0.25, 0.3) is 22.5 Å². The number of hydrogen-bond donors (Lipinski definition) is 0. The molecular formula is C21H21NO2. The van der Waals surface area contributed by atoms with Crippen LogP contribution in [0.4, 0.5) is 0 Å². The third-order valence-corrected chi connectivity index (χ3v) is 3.67. The van der Waals surface area contributed by atoms with E-state index in [1.54, 1.807) is 0 Å². The Bertz CT molecular complexity index is 749. The first-order valence-corrected chi connectivity index (χ1v) is 8.25. The van der Waals surface area contributed by atoms with Crippen LogP contribution in [0.1, 0.15) is 13.8 Å². The molecule has 0 aliphatic carbocycles. The van der Waals surface area contributed by atoms with Gasteiger partial charge in [-0.25, -0.2) is 4.98 Å². The Morgan fingerprint density at radius 2 is 1.08 bits per heavy atom. The van der Waals surface area contributed by atoms with E-state index < -0.39 is 0 Å². The summed E-state index contributed by atoms with van der Waals surface area (Å²) in [6.45, 7) is 5.23. The molecule has 3 heteroatoms. The maximum atomic E-state index is 5.73. The van der Waals surface area contributed by atoms with Crippen molar-refractivity contribution in [1.29, 1.82) is 0 Å². The second-order valence-electron chi connectivity index (χ2n) is 5.27. The quantitative estimate of drug-likeness (QED) is 0.625. The Balaban J connectivity index is 2.05. The number of nitrogens with zero attached hydrogens (tertiary/aromatic N) is 1. The van der Waals surface area contributed by atoms with Crippen molar-refractivity contribution < 1.29 is 9.47 Å². The molecule has 1 aromatic heterocycles. The highest BCUT2D eigenvalue weighted by Crippen LogP contribution is 2.33. The van der Waals surface area contributed by atoms with Gasteiger partial charge in [-0.15, -0.1) is 0 Å². The largest absolute Gasteiger partial charge is 0.493 e. The summed E-state index contributed by atoms with van der Waals surface area (Å²) in [5.41, 5.74) is 3.77. The molecule has 0 radical (unpaired) electrons. The molecule has 1 heterocycles. The van der Waals surface area contributed by atoms with Gasteiger partial charge in [0, 0.05) is 11.1 Å². The Hall–Kier alpha value is -2.81. The fraction of sp³-hybridized carbons (Fsp3) is 0.190. The average Bonchev–Trinajstić information content (AvgIpc) is 2.63. The van der Waals surface area contributed by atoms with E-state index in [0.29, 0.717) is 13.2 Å². The first-order chi connectivity index (χ1) is 11.8. The van der Waals surface area contributed by atoms with Gasteiger partial charge in [0.2, 0.25) is 0 Å². The van der Waals surface area contributed by atoms with Gasteiger partial charge in [-0.1, -0.05) is 30.3 Å². The summed E-state index contributed by atoms with van der Waals surface area (Å²) in [6.07, 6.45) is 0. The standard InChI is InChI=1S/C21H21NO2/c1-3-23-20-14-7-5-10-16(20)18-12-9-13-19(22-18)17-11-6-8-15-21(17)24-4-2/h5-15H,3-4H2,1-2H3. The topological polar surface area (TPSA) is 31.4 Å². The highest BCUT2D eigenvalue weighted by Gasteiger charge is 2.11. The van der Waals surface area contributed by atoms with E-state index in [2.05, 4.69) is 0 Å². The molecule has 0 spiro atoms. The summed E-state index contributed by atoms with van der Waals surface area (Å²) in [4.78, 5) is 4.84. The molecule has 0 bridgehead atoms. The van der Waals surface area contributed by atoms with Crippen LogP contribution < -0.4 is 9.47 Å². The van der Waals surface area contributed by atoms with Crippen LogP contribution in [0.15, 0.2) is 66.7 Å². The van der Waals surface area contributed by atoms with Gasteiger partial charge in [0.1, 0.15) is 11.5 Å². The van der Waals surface area contributed by atoms with E-state index in [1.807, 2.05) is 80.6 Å². The summed E-state index contributed by atoms with van der Waals surface area (Å²) < 4.78 is 11.5. The van der Waals surface area contributed by atoms with Crippen LogP contribution in [-0.2, 0) is 0 Å². The smallest absolute Gasteiger partial charge is 0.128 e. The number of para-hydroxylation sites is 2. The molecule has 0 fully saturated rings. The van der Waals surface area contributed by atoms with Gasteiger partial charge in [0.15, 0.2) is 0 Å². The third-order valence-electron chi connectivity index (χ3n) is 3.67. The van der Waals surface area contributed by atoms with Gasteiger partial charge in [-0.2, -0.15) is 0 Å². The molecule has 122 valence electrons. The zero-order valence-electron chi connectivity index (χ0n) is 14.0. The minimum atomic E-state index is 0.629. The maximum Gasteiger partial charge on any atom is 0.128 e. The van der Waals surface area contributed by atoms with Crippen molar-refractivity contribution in [3.05, 3.63) is 66.7 Å². The molecule has 0 saturated heterocycles. The monoisotopic (exact) mass is 319 g/mol. The lowest BCUT2D eigenvalue weighted by Crippen LogP contribution is -1.97. The zero-order chi connectivity index (χ0) is 16.8. The molecule has 0 aliphatic rings. The summed E-state index contributed by atoms with van der Waals surface area (Å²) in [6, 6.07) is 22.0. The highest BCUT2D eigenvalue weighted by atomic mass is 16.5. The molecule has 3 rings (SSSR count). The van der Waals surface area contributed by atoms with Gasteiger partial charge in [-0.3, -0.25) is 0 Å². The number of benzene rings is 2. The molecule has 0 unspecified atom stereocenters. The number of hydrogen-bond acceptors (Lipinski definition) is 3. The Labute approximate surface area is 142 Å². The van der Waals surface area contributed by atoms with Crippen molar-refractivity contribution in [3.8, 4) is 34.0 Å². The zero-order valence-corrected chi connectivity index (χ0v) is 14.0. The second kappa shape index (κ2) is 7.64. The van der Waals surface area contributed by atoms with E-state index in [-0.39, 0.29) is 0 Å². The van der Waals surface area contributed by atoms with Gasteiger partial charge >= 0.3 is 0 Å². The molecule has 0 atom stereocenters. The van der Waals surface area contributed by atoms with E-state index in [4.69, 9.17) is 14.5 Å². The summed E-state index contributed by atoms with van der Waals surface area (Å²) in [5, 5.41) is 0. The molecule has 2 aromatic carbocycles. The van der Waals surface area contributed by atoms with Crippen molar-refractivity contribution in [2.24, 2.45) is 0 Å². The molecule has 0 saturated carbocycles. The Morgan fingerprint density at radius 1 is 0.625 bits per heavy atom. The summed E-state index contributed by atoms with van der Waals surface area (Å²) in [5.74, 6) is 1.70. The minimum Gasteiger partial charge on any atom is -0.493 e. The Morgan fingerprint density at radius 3 is 1.54 bits per heavy atom. The molecular weight excluding hydrogens is 298 g/mol. The fourth-order valence-corrected chi connectivity index (χ4v) is 2.65. The van der Waals surface area contributed by atoms with Crippen LogP contribution in [0.2, 0.25) is 0 Å². The van der Waals surface area contributed by atoms with Crippen LogP contribution in [0, 0.1) is 0 Å². The SMILES string of the molecule is CCOc1ccccc1-c1cccc(-c2ccccc2OCC)n1. The van der Waals surface area contributed by atoms with Crippen molar-refractivity contribution in [2.75, 3.05) is 13.2 Å². The maximum absolute atomic E-state index is 5.73. The van der Waals surface area contributed by atoms with E-state index in [9.17, 15) is 0 Å². The summed E-state index contributed by atoms with van der Waals surface area (Å²) >= 11 is 0. The lowest BCUT2D eigenvalue weighted by Gasteiger charge is -2.12. The number of rotatable bonds is 6. The highest BCUT2D eigenvalue weighted by molar-refractivity contribution is 5.73. The first kappa shape index (κ1) is 16.1. The molecule has 0 amide bonds. The predicted octanol–water partition coefficient (Wildman–Crippen LogP) is 5.21. The Kier molecular flexibility index (Phi) is 5.12. The molecule has 0 aliphatic heterocycles. The lowest BCUT2D eigenvalue weighted by atomic mass is 10.1. The first-order valence-electron chi connectivity index (χ1n) is 8.25. The molecule has 0 N–H and O–H groups in total. The van der Waals surface area contributed by atoms with Crippen molar-refractivity contribution in [1.82, 2.24) is 4.98 Å². The van der Waals surface area contributed by atoms with Gasteiger partial charge in [0.05, 0.1) is 24.6 Å². The molecule has 24 heavy (non-hydrogen) atoms. The number of ether oxygens (including phenoxy) is 2. The van der Waals surface area contributed by atoms with E-state index in [1.165, 1.54) is 0 Å². The summed E-state index contributed by atoms with van der Waals surface area (Å²) in [7, 11) is 0. The number of pyridine rings is 1. The normalized spacial score (nSPS) is 10.4. The van der Waals surface area contributed by atoms with Gasteiger partial charge < -0.3 is 9.47 Å². The second-order valence-corrected chi connectivity index (χ2v) is 5.27. The van der Waals surface area contributed by atoms with Crippen molar-refractivity contribution in [2.45, 2.75) is 13.8 Å². The van der Waals surface area contributed by atoms with E-state index >= 15 is 0 Å². The van der Waals surface area contributed by atoms with Crippen molar-refractivity contribution >= 4 is 0 Å².